The van der Waals surface area contributed by atoms with Crippen LogP contribution < -0.4 is 0 Å². The lowest BCUT2D eigenvalue weighted by molar-refractivity contribution is 0.0521. The van der Waals surface area contributed by atoms with Crippen molar-refractivity contribution < 1.29 is 9.53 Å². The number of ether oxygens (including phenoxy) is 1. The maximum Gasteiger partial charge on any atom is 0.355 e. The number of H-pyrrole nitrogens is 1. The third-order valence-corrected chi connectivity index (χ3v) is 2.92. The first-order chi connectivity index (χ1) is 7.33. The molecule has 2 heterocycles. The lowest BCUT2D eigenvalue weighted by Crippen LogP contribution is -2.05. The van der Waals surface area contributed by atoms with Crippen LogP contribution in [0.4, 0.5) is 0 Å². The third-order valence-electron chi connectivity index (χ3n) is 2.01. The number of carbonyl (C=O) groups excluding carboxylic acids is 1. The van der Waals surface area contributed by atoms with E-state index < -0.39 is 0 Å². The Morgan fingerprint density at radius 3 is 3.07 bits per heavy atom. The van der Waals surface area contributed by atoms with Crippen LogP contribution in [0.3, 0.4) is 0 Å². The molecule has 0 bridgehead atoms. The second kappa shape index (κ2) is 4.31. The Morgan fingerprint density at radius 1 is 1.53 bits per heavy atom. The zero-order valence-corrected chi connectivity index (χ0v) is 9.14. The van der Waals surface area contributed by atoms with Gasteiger partial charge in [-0.25, -0.2) is 4.79 Å². The number of rotatable bonds is 3. The van der Waals surface area contributed by atoms with Crippen LogP contribution in [0, 0.1) is 0 Å². The molecule has 0 fully saturated rings. The summed E-state index contributed by atoms with van der Waals surface area (Å²) in [6.45, 7) is 2.19. The maximum atomic E-state index is 11.6. The molecule has 78 valence electrons. The number of carbonyl (C=O) groups is 1. The van der Waals surface area contributed by atoms with Gasteiger partial charge in [-0.2, -0.15) is 0 Å². The second-order valence-electron chi connectivity index (χ2n) is 2.96. The molecule has 0 atom stereocenters. The largest absolute Gasteiger partial charge is 0.461 e. The van der Waals surface area contributed by atoms with Crippen molar-refractivity contribution in [3.8, 4) is 10.4 Å². The molecular formula is C11H11NO2S. The molecule has 0 aromatic carbocycles. The molecule has 0 amide bonds. The van der Waals surface area contributed by atoms with Crippen molar-refractivity contribution in [2.24, 2.45) is 0 Å². The number of nitrogens with one attached hydrogen (secondary N) is 1. The Balaban J connectivity index is 2.34. The van der Waals surface area contributed by atoms with Gasteiger partial charge in [0.2, 0.25) is 0 Å². The predicted octanol–water partition coefficient (Wildman–Crippen LogP) is 2.92. The van der Waals surface area contributed by atoms with Gasteiger partial charge < -0.3 is 9.72 Å². The number of aromatic nitrogens is 1. The van der Waals surface area contributed by atoms with E-state index in [2.05, 4.69) is 4.98 Å². The Morgan fingerprint density at radius 2 is 2.40 bits per heavy atom. The molecule has 3 nitrogen and oxygen atoms in total. The van der Waals surface area contributed by atoms with Crippen LogP contribution in [-0.2, 0) is 4.74 Å². The Labute approximate surface area is 91.7 Å². The topological polar surface area (TPSA) is 42.1 Å². The van der Waals surface area contributed by atoms with Crippen molar-refractivity contribution in [3.05, 3.63) is 35.5 Å². The second-order valence-corrected chi connectivity index (χ2v) is 3.91. The molecule has 0 aliphatic rings. The fourth-order valence-electron chi connectivity index (χ4n) is 1.38. The van der Waals surface area contributed by atoms with Crippen LogP contribution in [0.2, 0.25) is 0 Å². The van der Waals surface area contributed by atoms with E-state index in [1.54, 1.807) is 24.5 Å². The molecule has 0 aliphatic heterocycles. The van der Waals surface area contributed by atoms with Crippen molar-refractivity contribution in [1.29, 1.82) is 0 Å². The van der Waals surface area contributed by atoms with Crippen molar-refractivity contribution in [3.63, 3.8) is 0 Å². The van der Waals surface area contributed by atoms with Gasteiger partial charge in [-0.1, -0.05) is 6.07 Å². The summed E-state index contributed by atoms with van der Waals surface area (Å²) >= 11 is 1.60. The lowest BCUT2D eigenvalue weighted by atomic mass is 10.2. The van der Waals surface area contributed by atoms with E-state index in [0.717, 1.165) is 10.4 Å². The average molecular weight is 221 g/mol. The molecular weight excluding hydrogens is 210 g/mol. The van der Waals surface area contributed by atoms with Gasteiger partial charge in [0.1, 0.15) is 5.69 Å². The highest BCUT2D eigenvalue weighted by atomic mass is 32.1. The highest BCUT2D eigenvalue weighted by molar-refractivity contribution is 7.13. The Hall–Kier alpha value is -1.55. The molecule has 0 saturated carbocycles. The summed E-state index contributed by atoms with van der Waals surface area (Å²) in [4.78, 5) is 15.6. The molecule has 0 radical (unpaired) electrons. The monoisotopic (exact) mass is 221 g/mol. The van der Waals surface area contributed by atoms with Gasteiger partial charge in [0, 0.05) is 16.6 Å². The maximum absolute atomic E-state index is 11.6. The van der Waals surface area contributed by atoms with E-state index >= 15 is 0 Å². The van der Waals surface area contributed by atoms with Crippen molar-refractivity contribution in [1.82, 2.24) is 4.98 Å². The van der Waals surface area contributed by atoms with E-state index in [9.17, 15) is 4.79 Å². The van der Waals surface area contributed by atoms with Gasteiger partial charge in [-0.05, 0) is 24.4 Å². The molecule has 15 heavy (non-hydrogen) atoms. The molecule has 2 aromatic rings. The third kappa shape index (κ3) is 1.94. The minimum atomic E-state index is -0.300. The number of aromatic amines is 1. The highest BCUT2D eigenvalue weighted by Gasteiger charge is 2.15. The average Bonchev–Trinajstić information content (AvgIpc) is 2.88. The number of hydrogen-bond acceptors (Lipinski definition) is 3. The fraction of sp³-hybridized carbons (Fsp3) is 0.182. The smallest absolute Gasteiger partial charge is 0.355 e. The van der Waals surface area contributed by atoms with Crippen LogP contribution in [0.5, 0.6) is 0 Å². The van der Waals surface area contributed by atoms with E-state index in [1.165, 1.54) is 0 Å². The van der Waals surface area contributed by atoms with Gasteiger partial charge in [-0.15, -0.1) is 11.3 Å². The van der Waals surface area contributed by atoms with E-state index in [4.69, 9.17) is 4.74 Å². The molecule has 0 unspecified atom stereocenters. The summed E-state index contributed by atoms with van der Waals surface area (Å²) in [5.41, 5.74) is 1.43. The van der Waals surface area contributed by atoms with E-state index in [0.29, 0.717) is 12.3 Å². The summed E-state index contributed by atoms with van der Waals surface area (Å²) < 4.78 is 4.96. The Bertz CT molecular complexity index is 445. The molecule has 1 N–H and O–H groups in total. The minimum Gasteiger partial charge on any atom is -0.461 e. The van der Waals surface area contributed by atoms with Crippen LogP contribution in [-0.4, -0.2) is 17.6 Å². The van der Waals surface area contributed by atoms with Crippen molar-refractivity contribution >= 4 is 17.3 Å². The van der Waals surface area contributed by atoms with Gasteiger partial charge in [0.05, 0.1) is 6.61 Å². The number of esters is 1. The summed E-state index contributed by atoms with van der Waals surface area (Å²) in [7, 11) is 0. The normalized spacial score (nSPS) is 10.2. The predicted molar refractivity (Wildman–Crippen MR) is 60.1 cm³/mol. The number of hydrogen-bond donors (Lipinski definition) is 1. The molecule has 2 aromatic heterocycles. The van der Waals surface area contributed by atoms with Gasteiger partial charge in [-0.3, -0.25) is 0 Å². The fourth-order valence-corrected chi connectivity index (χ4v) is 2.14. The molecule has 0 aliphatic carbocycles. The minimum absolute atomic E-state index is 0.300. The SMILES string of the molecule is CCOC(=O)c1[nH]ccc1-c1cccs1. The molecule has 2 rings (SSSR count). The van der Waals surface area contributed by atoms with Crippen LogP contribution in [0.1, 0.15) is 17.4 Å². The standard InChI is InChI=1S/C11H11NO2S/c1-2-14-11(13)10-8(5-6-12-10)9-4-3-7-15-9/h3-7,12H,2H2,1H3. The molecule has 4 heteroatoms. The Kier molecular flexibility index (Phi) is 2.87. The summed E-state index contributed by atoms with van der Waals surface area (Å²) in [5, 5.41) is 1.98. The first kappa shape index (κ1) is 9.98. The van der Waals surface area contributed by atoms with Gasteiger partial charge in [0.25, 0.3) is 0 Å². The van der Waals surface area contributed by atoms with Gasteiger partial charge >= 0.3 is 5.97 Å². The first-order valence-corrected chi connectivity index (χ1v) is 5.59. The first-order valence-electron chi connectivity index (χ1n) is 4.71. The van der Waals surface area contributed by atoms with Crippen LogP contribution in [0.15, 0.2) is 29.8 Å². The van der Waals surface area contributed by atoms with Crippen LogP contribution >= 0.6 is 11.3 Å². The quantitative estimate of drug-likeness (QED) is 0.810. The highest BCUT2D eigenvalue weighted by Crippen LogP contribution is 2.27. The van der Waals surface area contributed by atoms with Crippen molar-refractivity contribution in [2.75, 3.05) is 6.61 Å². The van der Waals surface area contributed by atoms with E-state index in [1.807, 2.05) is 23.6 Å². The van der Waals surface area contributed by atoms with Crippen molar-refractivity contribution in [2.45, 2.75) is 6.92 Å². The molecule has 0 saturated heterocycles. The van der Waals surface area contributed by atoms with Crippen LogP contribution in [0.25, 0.3) is 10.4 Å². The summed E-state index contributed by atoms with van der Waals surface area (Å²) in [5.74, 6) is -0.300. The van der Waals surface area contributed by atoms with Gasteiger partial charge in [0.15, 0.2) is 0 Å². The lowest BCUT2D eigenvalue weighted by Gasteiger charge is -2.01. The zero-order valence-electron chi connectivity index (χ0n) is 8.32. The summed E-state index contributed by atoms with van der Waals surface area (Å²) in [6, 6.07) is 5.83. The molecule has 0 spiro atoms. The zero-order chi connectivity index (χ0) is 10.7. The van der Waals surface area contributed by atoms with E-state index in [-0.39, 0.29) is 5.97 Å². The summed E-state index contributed by atoms with van der Waals surface area (Å²) in [6.07, 6.45) is 1.75. The number of thiophene rings is 1.